The molecule has 5 rings (SSSR count). The molecule has 0 saturated heterocycles. The summed E-state index contributed by atoms with van der Waals surface area (Å²) in [7, 11) is 4.13. The van der Waals surface area contributed by atoms with Crippen molar-refractivity contribution in [1.29, 1.82) is 0 Å². The summed E-state index contributed by atoms with van der Waals surface area (Å²) >= 11 is 1.57. The molecule has 0 saturated carbocycles. The van der Waals surface area contributed by atoms with E-state index in [1.807, 2.05) is 54.1 Å². The average Bonchev–Trinajstić information content (AvgIpc) is 3.46. The number of fused-ring (bicyclic) bond motifs is 1. The molecule has 0 aliphatic carbocycles. The molecule has 5 aromatic rings. The first-order chi connectivity index (χ1) is 19.4. The van der Waals surface area contributed by atoms with Gasteiger partial charge in [0.25, 0.3) is 5.56 Å². The number of allylic oxidation sites excluding steroid dienone is 1. The number of nitrogens with zero attached hydrogens (tertiary/aromatic N) is 5. The lowest BCUT2D eigenvalue weighted by Crippen LogP contribution is -2.26. The molecule has 3 aromatic heterocycles. The minimum atomic E-state index is -0.299. The van der Waals surface area contributed by atoms with Crippen molar-refractivity contribution < 1.29 is 4.79 Å². The van der Waals surface area contributed by atoms with Gasteiger partial charge in [-0.2, -0.15) is 0 Å². The molecule has 0 bridgehead atoms. The van der Waals surface area contributed by atoms with Crippen LogP contribution in [-0.4, -0.2) is 44.3 Å². The van der Waals surface area contributed by atoms with Crippen LogP contribution in [0.4, 0.5) is 0 Å². The Morgan fingerprint density at radius 3 is 2.65 bits per heavy atom. The molecular weight excluding hydrogens is 518 g/mol. The van der Waals surface area contributed by atoms with Crippen molar-refractivity contribution in [1.82, 2.24) is 24.4 Å². The molecule has 0 spiro atoms. The standard InChI is InChI=1S/C32H31N5O2S/c1-36(2)20-25-11-9-24(10-12-25)17-31-34-18-26-16-23(13-14-29(26)35-31)6-3-4-8-30(38)28-19-33-22-37(32(28)39)21-27-7-5-15-40-27/h3,5-7,9-16,18-19,22H,4,8,17,20-21H2,1-2H3/b6-3+. The predicted molar refractivity (Wildman–Crippen MR) is 161 cm³/mol. The van der Waals surface area contributed by atoms with Crippen molar-refractivity contribution >= 4 is 34.1 Å². The largest absolute Gasteiger partial charge is 0.305 e. The van der Waals surface area contributed by atoms with Gasteiger partial charge >= 0.3 is 0 Å². The van der Waals surface area contributed by atoms with Crippen LogP contribution in [0.2, 0.25) is 0 Å². The molecule has 0 unspecified atom stereocenters. The maximum atomic E-state index is 12.8. The lowest BCUT2D eigenvalue weighted by Gasteiger charge is -2.10. The summed E-state index contributed by atoms with van der Waals surface area (Å²) in [5.41, 5.74) is 4.21. The summed E-state index contributed by atoms with van der Waals surface area (Å²) in [4.78, 5) is 42.1. The first-order valence-corrected chi connectivity index (χ1v) is 14.1. The molecule has 7 nitrogen and oxygen atoms in total. The number of benzene rings is 2. The van der Waals surface area contributed by atoms with Crippen LogP contribution in [0, 0.1) is 0 Å². The van der Waals surface area contributed by atoms with Crippen molar-refractivity contribution in [2.45, 2.75) is 32.4 Å². The van der Waals surface area contributed by atoms with Crippen LogP contribution >= 0.6 is 11.3 Å². The quantitative estimate of drug-likeness (QED) is 0.199. The highest BCUT2D eigenvalue weighted by molar-refractivity contribution is 7.09. The van der Waals surface area contributed by atoms with Crippen molar-refractivity contribution in [3.8, 4) is 0 Å². The van der Waals surface area contributed by atoms with Gasteiger partial charge in [-0.1, -0.05) is 48.6 Å². The van der Waals surface area contributed by atoms with Crippen molar-refractivity contribution in [3.05, 3.63) is 128 Å². The van der Waals surface area contributed by atoms with Crippen LogP contribution in [0.25, 0.3) is 17.0 Å². The Balaban J connectivity index is 1.18. The molecule has 0 radical (unpaired) electrons. The Kier molecular flexibility index (Phi) is 8.68. The summed E-state index contributed by atoms with van der Waals surface area (Å²) in [6.07, 6.45) is 10.1. The highest BCUT2D eigenvalue weighted by Gasteiger charge is 2.13. The number of ketones is 1. The lowest BCUT2D eigenvalue weighted by molar-refractivity contribution is 0.0981. The van der Waals surface area contributed by atoms with Gasteiger partial charge in [0.2, 0.25) is 0 Å². The number of hydrogen-bond donors (Lipinski definition) is 0. The van der Waals surface area contributed by atoms with Crippen LogP contribution in [-0.2, 0) is 19.5 Å². The predicted octanol–water partition coefficient (Wildman–Crippen LogP) is 5.63. The van der Waals surface area contributed by atoms with Crippen molar-refractivity contribution in [3.63, 3.8) is 0 Å². The van der Waals surface area contributed by atoms with E-state index in [0.717, 1.165) is 33.7 Å². The second kappa shape index (κ2) is 12.7. The Morgan fingerprint density at radius 1 is 1.05 bits per heavy atom. The van der Waals surface area contributed by atoms with Gasteiger partial charge in [-0.25, -0.2) is 15.0 Å². The van der Waals surface area contributed by atoms with E-state index in [-0.39, 0.29) is 23.3 Å². The molecule has 0 atom stereocenters. The SMILES string of the molecule is CN(C)Cc1ccc(Cc2ncc3cc(/C=C/CCC(=O)c4cncn(Cc5cccs5)c4=O)ccc3n2)cc1. The van der Waals surface area contributed by atoms with E-state index in [0.29, 0.717) is 19.4 Å². The summed E-state index contributed by atoms with van der Waals surface area (Å²) < 4.78 is 1.49. The molecule has 202 valence electrons. The van der Waals surface area contributed by atoms with Gasteiger partial charge in [-0.3, -0.25) is 14.2 Å². The third-order valence-corrected chi connectivity index (χ3v) is 7.35. The smallest absolute Gasteiger partial charge is 0.264 e. The Morgan fingerprint density at radius 2 is 1.88 bits per heavy atom. The van der Waals surface area contributed by atoms with Gasteiger partial charge in [-0.05, 0) is 60.8 Å². The van der Waals surface area contributed by atoms with E-state index in [4.69, 9.17) is 4.98 Å². The monoisotopic (exact) mass is 549 g/mol. The van der Waals surface area contributed by atoms with Gasteiger partial charge in [0, 0.05) is 42.0 Å². The highest BCUT2D eigenvalue weighted by atomic mass is 32.1. The Hall–Kier alpha value is -4.27. The number of Topliss-reactive ketones (excluding diaryl/α,β-unsaturated/α-hetero) is 1. The number of aromatic nitrogens is 4. The molecule has 2 aromatic carbocycles. The van der Waals surface area contributed by atoms with E-state index in [1.165, 1.54) is 28.2 Å². The van der Waals surface area contributed by atoms with Crippen LogP contribution in [0.1, 0.15) is 50.6 Å². The number of carbonyl (C=O) groups is 1. The minimum Gasteiger partial charge on any atom is -0.305 e. The third-order valence-electron chi connectivity index (χ3n) is 6.49. The normalized spacial score (nSPS) is 11.6. The fraction of sp³-hybridized carbons (Fsp3) is 0.219. The molecular formula is C32H31N5O2S. The molecule has 40 heavy (non-hydrogen) atoms. The van der Waals surface area contributed by atoms with E-state index in [2.05, 4.69) is 53.2 Å². The zero-order valence-corrected chi connectivity index (χ0v) is 23.5. The van der Waals surface area contributed by atoms with Gasteiger partial charge in [0.05, 0.1) is 18.4 Å². The lowest BCUT2D eigenvalue weighted by atomic mass is 10.1. The van der Waals surface area contributed by atoms with Crippen LogP contribution in [0.3, 0.4) is 0 Å². The minimum absolute atomic E-state index is 0.135. The fourth-order valence-corrected chi connectivity index (χ4v) is 5.19. The van der Waals surface area contributed by atoms with E-state index >= 15 is 0 Å². The second-order valence-electron chi connectivity index (χ2n) is 10.0. The maximum absolute atomic E-state index is 12.8. The van der Waals surface area contributed by atoms with E-state index in [1.54, 1.807) is 11.3 Å². The van der Waals surface area contributed by atoms with Crippen LogP contribution in [0.5, 0.6) is 0 Å². The molecule has 8 heteroatoms. The zero-order valence-electron chi connectivity index (χ0n) is 22.7. The maximum Gasteiger partial charge on any atom is 0.264 e. The number of hydrogen-bond acceptors (Lipinski definition) is 7. The van der Waals surface area contributed by atoms with Gasteiger partial charge < -0.3 is 4.90 Å². The molecule has 0 amide bonds. The van der Waals surface area contributed by atoms with Gasteiger partial charge in [0.1, 0.15) is 11.4 Å². The van der Waals surface area contributed by atoms with Gasteiger partial charge in [0.15, 0.2) is 5.78 Å². The van der Waals surface area contributed by atoms with Crippen molar-refractivity contribution in [2.24, 2.45) is 0 Å². The van der Waals surface area contributed by atoms with Gasteiger partial charge in [-0.15, -0.1) is 11.3 Å². The molecule has 0 N–H and O–H groups in total. The summed E-state index contributed by atoms with van der Waals surface area (Å²) in [6, 6.07) is 18.5. The molecule has 3 heterocycles. The second-order valence-corrected chi connectivity index (χ2v) is 11.1. The molecule has 0 aliphatic rings. The number of thiophene rings is 1. The first-order valence-electron chi connectivity index (χ1n) is 13.2. The first kappa shape index (κ1) is 27.3. The fourth-order valence-electron chi connectivity index (χ4n) is 4.48. The summed E-state index contributed by atoms with van der Waals surface area (Å²) in [5, 5.41) is 2.92. The number of rotatable bonds is 11. The summed E-state index contributed by atoms with van der Waals surface area (Å²) in [5.74, 6) is 0.592. The molecule has 0 aliphatic heterocycles. The highest BCUT2D eigenvalue weighted by Crippen LogP contribution is 2.17. The Labute approximate surface area is 237 Å². The van der Waals surface area contributed by atoms with Crippen LogP contribution < -0.4 is 5.56 Å². The molecule has 0 fully saturated rings. The summed E-state index contributed by atoms with van der Waals surface area (Å²) in [6.45, 7) is 1.34. The topological polar surface area (TPSA) is 81.0 Å². The Bertz CT molecular complexity index is 1690. The number of carbonyl (C=O) groups excluding carboxylic acids is 1. The van der Waals surface area contributed by atoms with Crippen molar-refractivity contribution in [2.75, 3.05) is 14.1 Å². The zero-order chi connectivity index (χ0) is 27.9. The van der Waals surface area contributed by atoms with E-state index in [9.17, 15) is 9.59 Å². The average molecular weight is 550 g/mol. The third kappa shape index (κ3) is 7.02. The van der Waals surface area contributed by atoms with Crippen LogP contribution in [0.15, 0.2) is 89.6 Å². The van der Waals surface area contributed by atoms with E-state index < -0.39 is 0 Å².